The van der Waals surface area contributed by atoms with Crippen molar-refractivity contribution in [1.82, 2.24) is 0 Å². The molecule has 1 aromatic carbocycles. The Balaban J connectivity index is 2.27. The van der Waals surface area contributed by atoms with Gasteiger partial charge >= 0.3 is 0 Å². The fraction of sp³-hybridized carbons (Fsp3) is 0.562. The Morgan fingerprint density at radius 1 is 1.16 bits per heavy atom. The maximum absolute atomic E-state index is 9.65. The van der Waals surface area contributed by atoms with E-state index in [1.54, 1.807) is 18.2 Å². The van der Waals surface area contributed by atoms with E-state index in [1.807, 2.05) is 6.07 Å². The monoisotopic (exact) mass is 260 g/mol. The molecule has 3 nitrogen and oxygen atoms in total. The number of nitriles is 1. The molecule has 0 bridgehead atoms. The number of rotatable bonds is 9. The number of hydrogen-bond donors (Lipinski definition) is 2. The lowest BCUT2D eigenvalue weighted by Gasteiger charge is -2.13. The van der Waals surface area contributed by atoms with E-state index in [0.29, 0.717) is 5.69 Å². The van der Waals surface area contributed by atoms with E-state index in [9.17, 15) is 5.11 Å². The maximum atomic E-state index is 9.65. The molecular weight excluding hydrogens is 236 g/mol. The Labute approximate surface area is 116 Å². The van der Waals surface area contributed by atoms with Crippen molar-refractivity contribution in [3.8, 4) is 11.8 Å². The normalized spacial score (nSPS) is 11.8. The minimum Gasteiger partial charge on any atom is -0.506 e. The summed E-state index contributed by atoms with van der Waals surface area (Å²) in [7, 11) is 0. The predicted molar refractivity (Wildman–Crippen MR) is 79.1 cm³/mol. The summed E-state index contributed by atoms with van der Waals surface area (Å²) in [6.07, 6.45) is 8.18. The molecule has 1 atom stereocenters. The summed E-state index contributed by atoms with van der Waals surface area (Å²) in [4.78, 5) is 0. The Hall–Kier alpha value is -1.69. The number of phenolic OH excluding ortho intramolecular Hbond substituents is 1. The smallest absolute Gasteiger partial charge is 0.138 e. The highest BCUT2D eigenvalue weighted by Gasteiger charge is 2.08. The van der Waals surface area contributed by atoms with Gasteiger partial charge < -0.3 is 10.4 Å². The van der Waals surface area contributed by atoms with Gasteiger partial charge in [0.15, 0.2) is 0 Å². The van der Waals surface area contributed by atoms with E-state index < -0.39 is 0 Å². The SMILES string of the molecule is CCCCCCCC[C@H](C#N)Nc1ccccc1O. The van der Waals surface area contributed by atoms with Crippen molar-refractivity contribution in [3.63, 3.8) is 0 Å². The van der Waals surface area contributed by atoms with Crippen LogP contribution >= 0.6 is 0 Å². The van der Waals surface area contributed by atoms with Crippen LogP contribution in [0.1, 0.15) is 51.9 Å². The second-order valence-corrected chi connectivity index (χ2v) is 4.90. The predicted octanol–water partition coefficient (Wildman–Crippen LogP) is 4.45. The summed E-state index contributed by atoms with van der Waals surface area (Å²) >= 11 is 0. The van der Waals surface area contributed by atoms with E-state index >= 15 is 0 Å². The molecule has 0 amide bonds. The number of hydrogen-bond acceptors (Lipinski definition) is 3. The average Bonchev–Trinajstić information content (AvgIpc) is 2.43. The van der Waals surface area contributed by atoms with Crippen LogP contribution < -0.4 is 5.32 Å². The van der Waals surface area contributed by atoms with Crippen LogP contribution in [0.15, 0.2) is 24.3 Å². The highest BCUT2D eigenvalue weighted by molar-refractivity contribution is 5.56. The Bertz CT molecular complexity index is 398. The van der Waals surface area contributed by atoms with Crippen molar-refractivity contribution >= 4 is 5.69 Å². The van der Waals surface area contributed by atoms with Crippen LogP contribution in [0.5, 0.6) is 5.75 Å². The van der Waals surface area contributed by atoms with E-state index in [0.717, 1.165) is 12.8 Å². The van der Waals surface area contributed by atoms with Gasteiger partial charge in [0.1, 0.15) is 11.8 Å². The molecule has 2 N–H and O–H groups in total. The molecule has 1 aromatic rings. The van der Waals surface area contributed by atoms with E-state index in [4.69, 9.17) is 5.26 Å². The molecule has 0 radical (unpaired) electrons. The van der Waals surface area contributed by atoms with Gasteiger partial charge in [0.05, 0.1) is 11.8 Å². The van der Waals surface area contributed by atoms with Gasteiger partial charge in [-0.1, -0.05) is 57.6 Å². The quantitative estimate of drug-likeness (QED) is 0.509. The minimum atomic E-state index is -0.223. The van der Waals surface area contributed by atoms with Crippen molar-refractivity contribution < 1.29 is 5.11 Å². The summed E-state index contributed by atoms with van der Waals surface area (Å²) in [6.45, 7) is 2.21. The number of unbranched alkanes of at least 4 members (excludes halogenated alkanes) is 5. The summed E-state index contributed by atoms with van der Waals surface area (Å²) < 4.78 is 0. The van der Waals surface area contributed by atoms with Crippen molar-refractivity contribution in [3.05, 3.63) is 24.3 Å². The van der Waals surface area contributed by atoms with Crippen LogP contribution in [-0.2, 0) is 0 Å². The molecule has 0 fully saturated rings. The maximum Gasteiger partial charge on any atom is 0.138 e. The van der Waals surface area contributed by atoms with Crippen LogP contribution in [0.4, 0.5) is 5.69 Å². The Morgan fingerprint density at radius 3 is 2.53 bits per heavy atom. The largest absolute Gasteiger partial charge is 0.506 e. The number of aromatic hydroxyl groups is 1. The molecule has 0 saturated carbocycles. The molecule has 19 heavy (non-hydrogen) atoms. The topological polar surface area (TPSA) is 56.0 Å². The summed E-state index contributed by atoms with van der Waals surface area (Å²) in [5.41, 5.74) is 0.639. The summed E-state index contributed by atoms with van der Waals surface area (Å²) in [6, 6.07) is 9.08. The molecule has 0 unspecified atom stereocenters. The average molecular weight is 260 g/mol. The molecule has 0 aliphatic carbocycles. The highest BCUT2D eigenvalue weighted by Crippen LogP contribution is 2.23. The van der Waals surface area contributed by atoms with Gasteiger partial charge in [0.25, 0.3) is 0 Å². The molecular formula is C16H24N2O. The molecule has 0 spiro atoms. The molecule has 0 heterocycles. The minimum absolute atomic E-state index is 0.200. The number of phenols is 1. The van der Waals surface area contributed by atoms with Crippen LogP contribution in [0.25, 0.3) is 0 Å². The first-order chi connectivity index (χ1) is 9.27. The lowest BCUT2D eigenvalue weighted by Crippen LogP contribution is -2.17. The third kappa shape index (κ3) is 6.15. The zero-order valence-corrected chi connectivity index (χ0v) is 11.7. The number of benzene rings is 1. The van der Waals surface area contributed by atoms with Gasteiger partial charge in [-0.25, -0.2) is 0 Å². The lowest BCUT2D eigenvalue weighted by molar-refractivity contribution is 0.476. The summed E-state index contributed by atoms with van der Waals surface area (Å²) in [5, 5.41) is 21.9. The van der Waals surface area contributed by atoms with E-state index in [-0.39, 0.29) is 11.8 Å². The van der Waals surface area contributed by atoms with Gasteiger partial charge in [-0.2, -0.15) is 5.26 Å². The van der Waals surface area contributed by atoms with Crippen molar-refractivity contribution in [1.29, 1.82) is 5.26 Å². The number of nitrogens with zero attached hydrogens (tertiary/aromatic N) is 1. The van der Waals surface area contributed by atoms with Crippen LogP contribution in [0.3, 0.4) is 0 Å². The van der Waals surface area contributed by atoms with E-state index in [2.05, 4.69) is 18.3 Å². The van der Waals surface area contributed by atoms with Gasteiger partial charge in [0, 0.05) is 0 Å². The zero-order chi connectivity index (χ0) is 13.9. The highest BCUT2D eigenvalue weighted by atomic mass is 16.3. The second kappa shape index (κ2) is 9.27. The molecule has 0 aliphatic rings. The lowest BCUT2D eigenvalue weighted by atomic mass is 10.1. The van der Waals surface area contributed by atoms with Gasteiger partial charge in [-0.05, 0) is 18.6 Å². The van der Waals surface area contributed by atoms with Gasteiger partial charge in [-0.15, -0.1) is 0 Å². The first-order valence-electron chi connectivity index (χ1n) is 7.22. The van der Waals surface area contributed by atoms with Gasteiger partial charge in [0.2, 0.25) is 0 Å². The van der Waals surface area contributed by atoms with Crippen LogP contribution in [0.2, 0.25) is 0 Å². The van der Waals surface area contributed by atoms with Gasteiger partial charge in [-0.3, -0.25) is 0 Å². The molecule has 0 aromatic heterocycles. The standard InChI is InChI=1S/C16H24N2O/c1-2-3-4-5-6-7-10-14(13-17)18-15-11-8-9-12-16(15)19/h8-9,11-12,14,18-19H,2-7,10H2,1H3/t14-/m1/s1. The number of nitrogens with one attached hydrogen (secondary N) is 1. The zero-order valence-electron chi connectivity index (χ0n) is 11.7. The molecule has 0 saturated heterocycles. The van der Waals surface area contributed by atoms with E-state index in [1.165, 1.54) is 32.1 Å². The van der Waals surface area contributed by atoms with Crippen LogP contribution in [0, 0.1) is 11.3 Å². The third-order valence-corrected chi connectivity index (χ3v) is 3.24. The molecule has 0 aliphatic heterocycles. The Morgan fingerprint density at radius 2 is 1.84 bits per heavy atom. The third-order valence-electron chi connectivity index (χ3n) is 3.24. The fourth-order valence-corrected chi connectivity index (χ4v) is 2.08. The fourth-order valence-electron chi connectivity index (χ4n) is 2.08. The Kier molecular flexibility index (Phi) is 7.50. The molecule has 1 rings (SSSR count). The molecule has 104 valence electrons. The number of anilines is 1. The van der Waals surface area contributed by atoms with Crippen molar-refractivity contribution in [2.24, 2.45) is 0 Å². The summed E-state index contributed by atoms with van der Waals surface area (Å²) in [5.74, 6) is 0.200. The molecule has 3 heteroatoms. The first kappa shape index (κ1) is 15.4. The van der Waals surface area contributed by atoms with Crippen molar-refractivity contribution in [2.45, 2.75) is 57.9 Å². The van der Waals surface area contributed by atoms with Crippen LogP contribution in [-0.4, -0.2) is 11.1 Å². The van der Waals surface area contributed by atoms with Crippen molar-refractivity contribution in [2.75, 3.05) is 5.32 Å². The second-order valence-electron chi connectivity index (χ2n) is 4.90. The number of para-hydroxylation sites is 2. The first-order valence-corrected chi connectivity index (χ1v) is 7.22.